The number of benzene rings is 2. The molecular formula is C20H22N2O5. The number of carbonyl (C=O) groups is 1. The van der Waals surface area contributed by atoms with Gasteiger partial charge in [0.2, 0.25) is 11.5 Å². The minimum absolute atomic E-state index is 0.232. The summed E-state index contributed by atoms with van der Waals surface area (Å²) in [7, 11) is 7.96. The zero-order chi connectivity index (χ0) is 19.7. The van der Waals surface area contributed by atoms with Gasteiger partial charge in [-0.25, -0.2) is 0 Å². The van der Waals surface area contributed by atoms with Gasteiger partial charge in [-0.05, 0) is 31.2 Å². The summed E-state index contributed by atoms with van der Waals surface area (Å²) in [5.41, 5.74) is 2.53. The molecule has 0 saturated carbocycles. The zero-order valence-electron chi connectivity index (χ0n) is 16.2. The molecule has 142 valence electrons. The zero-order valence-corrected chi connectivity index (χ0v) is 16.2. The quantitative estimate of drug-likeness (QED) is 0.621. The minimum atomic E-state index is -0.232. The molecule has 0 N–H and O–H groups in total. The molecule has 0 spiro atoms. The van der Waals surface area contributed by atoms with Crippen molar-refractivity contribution in [2.75, 3.05) is 28.4 Å². The Balaban J connectivity index is 2.18. The molecule has 7 nitrogen and oxygen atoms in total. The fourth-order valence-corrected chi connectivity index (χ4v) is 3.28. The van der Waals surface area contributed by atoms with Crippen LogP contribution in [0.1, 0.15) is 21.6 Å². The topological polar surface area (TPSA) is 71.8 Å². The fourth-order valence-electron chi connectivity index (χ4n) is 3.28. The van der Waals surface area contributed by atoms with Crippen molar-refractivity contribution in [1.82, 2.24) is 9.78 Å². The van der Waals surface area contributed by atoms with E-state index in [4.69, 9.17) is 18.9 Å². The first kappa shape index (κ1) is 18.6. The summed E-state index contributed by atoms with van der Waals surface area (Å²) in [5, 5.41) is 5.21. The molecule has 7 heteroatoms. The Bertz CT molecular complexity index is 998. The highest BCUT2D eigenvalue weighted by Gasteiger charge is 2.23. The average molecular weight is 370 g/mol. The van der Waals surface area contributed by atoms with Crippen molar-refractivity contribution in [3.05, 3.63) is 41.1 Å². The van der Waals surface area contributed by atoms with Crippen molar-refractivity contribution in [3.8, 4) is 23.0 Å². The molecule has 2 aromatic carbocycles. The van der Waals surface area contributed by atoms with Crippen LogP contribution in [0.2, 0.25) is 0 Å². The molecule has 0 unspecified atom stereocenters. The van der Waals surface area contributed by atoms with Gasteiger partial charge in [0.15, 0.2) is 11.5 Å². The average Bonchev–Trinajstić information content (AvgIpc) is 3.03. The van der Waals surface area contributed by atoms with Gasteiger partial charge in [-0.1, -0.05) is 0 Å². The summed E-state index contributed by atoms with van der Waals surface area (Å²) in [6.07, 6.45) is 0. The van der Waals surface area contributed by atoms with E-state index < -0.39 is 0 Å². The lowest BCUT2D eigenvalue weighted by molar-refractivity contribution is 0.103. The van der Waals surface area contributed by atoms with Crippen molar-refractivity contribution in [1.29, 1.82) is 0 Å². The second kappa shape index (κ2) is 7.19. The number of ether oxygens (including phenoxy) is 4. The molecule has 0 amide bonds. The monoisotopic (exact) mass is 370 g/mol. The Labute approximate surface area is 157 Å². The summed E-state index contributed by atoms with van der Waals surface area (Å²) in [6, 6.07) is 6.94. The van der Waals surface area contributed by atoms with Crippen molar-refractivity contribution in [3.63, 3.8) is 0 Å². The van der Waals surface area contributed by atoms with Gasteiger partial charge >= 0.3 is 0 Å². The van der Waals surface area contributed by atoms with Gasteiger partial charge in [-0.3, -0.25) is 9.48 Å². The Hall–Kier alpha value is -3.22. The standard InChI is InChI=1S/C20H22N2O5/c1-11-14(24-3)8-7-13-17(21-22(2)18(11)13)19(23)12-9-15(25-4)20(27-6)16(10-12)26-5/h7-10H,1-6H3. The summed E-state index contributed by atoms with van der Waals surface area (Å²) >= 11 is 0. The molecular weight excluding hydrogens is 348 g/mol. The van der Waals surface area contributed by atoms with Gasteiger partial charge in [0.1, 0.15) is 11.4 Å². The van der Waals surface area contributed by atoms with E-state index in [2.05, 4.69) is 5.10 Å². The normalized spacial score (nSPS) is 10.7. The van der Waals surface area contributed by atoms with Crippen molar-refractivity contribution < 1.29 is 23.7 Å². The Morgan fingerprint density at radius 1 is 0.926 bits per heavy atom. The first-order chi connectivity index (χ1) is 13.0. The molecule has 3 rings (SSSR count). The molecule has 0 radical (unpaired) electrons. The molecule has 0 bridgehead atoms. The lowest BCUT2D eigenvalue weighted by atomic mass is 10.0. The SMILES string of the molecule is COc1cc(C(=O)c2nn(C)c3c(C)c(OC)ccc23)cc(OC)c1OC. The van der Waals surface area contributed by atoms with Crippen LogP contribution in [-0.4, -0.2) is 44.0 Å². The van der Waals surface area contributed by atoms with Crippen LogP contribution in [-0.2, 0) is 7.05 Å². The third-order valence-electron chi connectivity index (χ3n) is 4.57. The molecule has 27 heavy (non-hydrogen) atoms. The molecule has 0 aliphatic rings. The van der Waals surface area contributed by atoms with Crippen LogP contribution in [0.25, 0.3) is 10.9 Å². The van der Waals surface area contributed by atoms with Crippen molar-refractivity contribution >= 4 is 16.7 Å². The lowest BCUT2D eigenvalue weighted by Gasteiger charge is -2.13. The number of methoxy groups -OCH3 is 4. The van der Waals surface area contributed by atoms with Gasteiger partial charge in [0, 0.05) is 23.6 Å². The van der Waals surface area contributed by atoms with Gasteiger partial charge in [-0.15, -0.1) is 0 Å². The fraction of sp³-hybridized carbons (Fsp3) is 0.300. The summed E-state index contributed by atoms with van der Waals surface area (Å²) in [4.78, 5) is 13.2. The second-order valence-corrected chi connectivity index (χ2v) is 6.00. The van der Waals surface area contributed by atoms with Gasteiger partial charge in [0.05, 0.1) is 34.0 Å². The van der Waals surface area contributed by atoms with Crippen LogP contribution in [0.3, 0.4) is 0 Å². The number of ketones is 1. The maximum Gasteiger partial charge on any atom is 0.214 e. The van der Waals surface area contributed by atoms with Crippen LogP contribution in [0.4, 0.5) is 0 Å². The first-order valence-electron chi connectivity index (χ1n) is 8.31. The van der Waals surface area contributed by atoms with E-state index >= 15 is 0 Å². The van der Waals surface area contributed by atoms with E-state index in [0.717, 1.165) is 22.2 Å². The number of fused-ring (bicyclic) bond motifs is 1. The summed E-state index contributed by atoms with van der Waals surface area (Å²) in [6.45, 7) is 1.94. The smallest absolute Gasteiger partial charge is 0.214 e. The highest BCUT2D eigenvalue weighted by molar-refractivity contribution is 6.15. The molecule has 0 saturated heterocycles. The van der Waals surface area contributed by atoms with Crippen LogP contribution in [0.5, 0.6) is 23.0 Å². The predicted octanol–water partition coefficient (Wildman–Crippen LogP) is 3.15. The molecule has 0 fully saturated rings. The molecule has 0 aliphatic carbocycles. The van der Waals surface area contributed by atoms with E-state index in [1.807, 2.05) is 19.1 Å². The third-order valence-corrected chi connectivity index (χ3v) is 4.57. The van der Waals surface area contributed by atoms with E-state index in [1.54, 1.807) is 31.0 Å². The summed E-state index contributed by atoms with van der Waals surface area (Å²) < 4.78 is 23.1. The lowest BCUT2D eigenvalue weighted by Crippen LogP contribution is -2.06. The number of nitrogens with zero attached hydrogens (tertiary/aromatic N) is 2. The van der Waals surface area contributed by atoms with Crippen LogP contribution >= 0.6 is 0 Å². The number of hydrogen-bond acceptors (Lipinski definition) is 6. The Morgan fingerprint density at radius 2 is 1.52 bits per heavy atom. The van der Waals surface area contributed by atoms with Crippen LogP contribution in [0.15, 0.2) is 24.3 Å². The van der Waals surface area contributed by atoms with E-state index in [1.165, 1.54) is 21.3 Å². The van der Waals surface area contributed by atoms with E-state index in [0.29, 0.717) is 28.5 Å². The van der Waals surface area contributed by atoms with Gasteiger partial charge in [-0.2, -0.15) is 5.10 Å². The third kappa shape index (κ3) is 2.95. The highest BCUT2D eigenvalue weighted by atomic mass is 16.5. The molecule has 1 heterocycles. The minimum Gasteiger partial charge on any atom is -0.496 e. The number of hydrogen-bond donors (Lipinski definition) is 0. The molecule has 3 aromatic rings. The van der Waals surface area contributed by atoms with Crippen LogP contribution < -0.4 is 18.9 Å². The second-order valence-electron chi connectivity index (χ2n) is 6.00. The van der Waals surface area contributed by atoms with Gasteiger partial charge < -0.3 is 18.9 Å². The number of aryl methyl sites for hydroxylation is 2. The van der Waals surface area contributed by atoms with E-state index in [9.17, 15) is 4.79 Å². The van der Waals surface area contributed by atoms with E-state index in [-0.39, 0.29) is 5.78 Å². The maximum absolute atomic E-state index is 13.2. The predicted molar refractivity (Wildman–Crippen MR) is 102 cm³/mol. The Kier molecular flexibility index (Phi) is 4.94. The van der Waals surface area contributed by atoms with Crippen molar-refractivity contribution in [2.45, 2.75) is 6.92 Å². The number of carbonyl (C=O) groups excluding carboxylic acids is 1. The van der Waals surface area contributed by atoms with Crippen molar-refractivity contribution in [2.24, 2.45) is 7.05 Å². The first-order valence-corrected chi connectivity index (χ1v) is 8.31. The van der Waals surface area contributed by atoms with Gasteiger partial charge in [0.25, 0.3) is 0 Å². The largest absolute Gasteiger partial charge is 0.496 e. The maximum atomic E-state index is 13.2. The van der Waals surface area contributed by atoms with Crippen LogP contribution in [0, 0.1) is 6.92 Å². The molecule has 0 atom stereocenters. The number of rotatable bonds is 6. The summed E-state index contributed by atoms with van der Waals surface area (Å²) in [5.74, 6) is 1.78. The molecule has 1 aromatic heterocycles. The molecule has 0 aliphatic heterocycles. The highest BCUT2D eigenvalue weighted by Crippen LogP contribution is 2.39. The Morgan fingerprint density at radius 3 is 2.04 bits per heavy atom. The number of aromatic nitrogens is 2.